The summed E-state index contributed by atoms with van der Waals surface area (Å²) in [6, 6.07) is 9.37. The number of rotatable bonds is 7. The van der Waals surface area contributed by atoms with Gasteiger partial charge in [-0.05, 0) is 137 Å². The Kier molecular flexibility index (Phi) is 8.69. The highest BCUT2D eigenvalue weighted by Crippen LogP contribution is 2.68. The van der Waals surface area contributed by atoms with Crippen molar-refractivity contribution in [3.05, 3.63) is 35.9 Å². The van der Waals surface area contributed by atoms with Gasteiger partial charge in [0.25, 0.3) is 0 Å². The smallest absolute Gasteiger partial charge is 0.323 e. The van der Waals surface area contributed by atoms with Crippen molar-refractivity contribution in [2.75, 3.05) is 0 Å². The predicted molar refractivity (Wildman–Crippen MR) is 163 cm³/mol. The predicted octanol–water partition coefficient (Wildman–Crippen LogP) is 7.50. The Balaban J connectivity index is 1.18. The lowest BCUT2D eigenvalue weighted by atomic mass is 9.44. The van der Waals surface area contributed by atoms with Crippen molar-refractivity contribution in [1.82, 2.24) is 0 Å². The highest BCUT2D eigenvalue weighted by atomic mass is 16.6. The maximum Gasteiger partial charge on any atom is 0.323 e. The van der Waals surface area contributed by atoms with Gasteiger partial charge in [-0.1, -0.05) is 51.1 Å². The molecular formula is C36H55NO4. The summed E-state index contributed by atoms with van der Waals surface area (Å²) < 4.78 is 11.7. The lowest BCUT2D eigenvalue weighted by molar-refractivity contribution is -0.165. The molecule has 4 fully saturated rings. The molecule has 5 nitrogen and oxygen atoms in total. The first kappa shape index (κ1) is 30.6. The molecule has 0 aromatic heterocycles. The molecule has 0 radical (unpaired) electrons. The normalized spacial score (nSPS) is 38.1. The molecule has 0 spiro atoms. The highest BCUT2D eigenvalue weighted by molar-refractivity contribution is 5.76. The highest BCUT2D eigenvalue weighted by Gasteiger charge is 2.61. The second kappa shape index (κ2) is 11.7. The zero-order chi connectivity index (χ0) is 29.6. The molecule has 2 N–H and O–H groups in total. The van der Waals surface area contributed by atoms with E-state index in [0.29, 0.717) is 41.4 Å². The van der Waals surface area contributed by atoms with Crippen molar-refractivity contribution in [2.24, 2.45) is 52.1 Å². The zero-order valence-electron chi connectivity index (χ0n) is 26.5. The van der Waals surface area contributed by atoms with Gasteiger partial charge in [-0.15, -0.1) is 0 Å². The van der Waals surface area contributed by atoms with Gasteiger partial charge in [0.05, 0.1) is 0 Å². The van der Waals surface area contributed by atoms with Crippen LogP contribution in [0.25, 0.3) is 0 Å². The molecule has 5 rings (SSSR count). The van der Waals surface area contributed by atoms with Gasteiger partial charge in [0.15, 0.2) is 0 Å². The third kappa shape index (κ3) is 6.26. The second-order valence-corrected chi connectivity index (χ2v) is 15.8. The molecule has 5 heteroatoms. The number of hydrogen-bond acceptors (Lipinski definition) is 5. The van der Waals surface area contributed by atoms with Gasteiger partial charge in [0.2, 0.25) is 0 Å². The molecule has 1 aromatic carbocycles. The van der Waals surface area contributed by atoms with E-state index in [0.717, 1.165) is 42.6 Å². The summed E-state index contributed by atoms with van der Waals surface area (Å²) in [5.74, 6) is 3.59. The number of esters is 2. The van der Waals surface area contributed by atoms with Crippen molar-refractivity contribution < 1.29 is 19.1 Å². The van der Waals surface area contributed by atoms with Crippen LogP contribution < -0.4 is 5.73 Å². The summed E-state index contributed by atoms with van der Waals surface area (Å²) in [5, 5.41) is 0. The summed E-state index contributed by atoms with van der Waals surface area (Å²) in [5.41, 5.74) is 7.57. The van der Waals surface area contributed by atoms with Crippen LogP contribution in [0.3, 0.4) is 0 Å². The van der Waals surface area contributed by atoms with Crippen molar-refractivity contribution in [3.8, 4) is 0 Å². The van der Waals surface area contributed by atoms with Gasteiger partial charge < -0.3 is 15.2 Å². The molecule has 0 bridgehead atoms. The first-order chi connectivity index (χ1) is 19.3. The van der Waals surface area contributed by atoms with Crippen LogP contribution in [-0.4, -0.2) is 29.7 Å². The molecule has 0 heterocycles. The van der Waals surface area contributed by atoms with E-state index in [1.807, 2.05) is 51.1 Å². The van der Waals surface area contributed by atoms with Crippen LogP contribution in [0.4, 0.5) is 0 Å². The van der Waals surface area contributed by atoms with Crippen molar-refractivity contribution in [3.63, 3.8) is 0 Å². The van der Waals surface area contributed by atoms with Gasteiger partial charge >= 0.3 is 11.9 Å². The number of benzene rings is 1. The fraction of sp³-hybridized carbons (Fsp3) is 0.778. The van der Waals surface area contributed by atoms with Crippen LogP contribution >= 0.6 is 0 Å². The van der Waals surface area contributed by atoms with Crippen LogP contribution in [0.5, 0.6) is 0 Å². The zero-order valence-corrected chi connectivity index (χ0v) is 26.5. The Labute approximate surface area is 248 Å². The largest absolute Gasteiger partial charge is 0.461 e. The first-order valence-electron chi connectivity index (χ1n) is 16.5. The maximum absolute atomic E-state index is 12.9. The summed E-state index contributed by atoms with van der Waals surface area (Å²) in [7, 11) is 0. The number of hydrogen-bond donors (Lipinski definition) is 1. The molecule has 41 heavy (non-hydrogen) atoms. The van der Waals surface area contributed by atoms with Crippen molar-refractivity contribution in [2.45, 2.75) is 130 Å². The van der Waals surface area contributed by atoms with E-state index in [-0.39, 0.29) is 18.0 Å². The Morgan fingerprint density at radius 3 is 2.34 bits per heavy atom. The standard InChI is InChI=1S/C36H55NO4/c1-23(20-32(38)41-34(2,3)4)28-14-15-29-27-13-12-25-22-26(16-18-35(25,5)30(27)17-19-36(28,29)6)40-33(39)31(37)21-24-10-8-7-9-11-24/h7-11,23,25-31H,12-22,37H2,1-6H3/t23-,25?,26-,27?,28?,29?,30?,31+,35+,36-/m1/s1. The molecule has 4 aliphatic carbocycles. The Morgan fingerprint density at radius 2 is 1.63 bits per heavy atom. The van der Waals surface area contributed by atoms with Crippen LogP contribution in [0.1, 0.15) is 111 Å². The lowest BCUT2D eigenvalue weighted by Crippen LogP contribution is -2.54. The first-order valence-corrected chi connectivity index (χ1v) is 16.5. The minimum absolute atomic E-state index is 0.00244. The molecular weight excluding hydrogens is 510 g/mol. The fourth-order valence-corrected chi connectivity index (χ4v) is 10.3. The average Bonchev–Trinajstić information content (AvgIpc) is 3.25. The van der Waals surface area contributed by atoms with Crippen LogP contribution in [-0.2, 0) is 25.5 Å². The molecule has 4 saturated carbocycles. The SMILES string of the molecule is C[C@H](CC(=O)OC(C)(C)C)C1CCC2C3CCC4C[C@H](OC(=O)[C@@H](N)Cc5ccccc5)CC[C@]4(C)C3CC[C@@]21C. The van der Waals surface area contributed by atoms with Crippen LogP contribution in [0.2, 0.25) is 0 Å². The van der Waals surface area contributed by atoms with Gasteiger partial charge in [0, 0.05) is 6.42 Å². The number of fused-ring (bicyclic) bond motifs is 5. The Bertz CT molecular complexity index is 1080. The van der Waals surface area contributed by atoms with Crippen LogP contribution in [0.15, 0.2) is 30.3 Å². The maximum atomic E-state index is 12.9. The summed E-state index contributed by atoms with van der Waals surface area (Å²) in [6.07, 6.45) is 11.8. The third-order valence-corrected chi connectivity index (χ3v) is 12.2. The van der Waals surface area contributed by atoms with Gasteiger partial charge in [-0.2, -0.15) is 0 Å². The van der Waals surface area contributed by atoms with Gasteiger partial charge in [-0.3, -0.25) is 9.59 Å². The number of carbonyl (C=O) groups is 2. The lowest BCUT2D eigenvalue weighted by Gasteiger charge is -2.61. The minimum Gasteiger partial charge on any atom is -0.461 e. The molecule has 10 atom stereocenters. The van der Waals surface area contributed by atoms with Gasteiger partial charge in [-0.25, -0.2) is 0 Å². The number of carbonyl (C=O) groups excluding carboxylic acids is 2. The molecule has 0 aliphatic heterocycles. The Morgan fingerprint density at radius 1 is 0.951 bits per heavy atom. The van der Waals surface area contributed by atoms with E-state index in [1.165, 1.54) is 38.5 Å². The van der Waals surface area contributed by atoms with Gasteiger partial charge in [0.1, 0.15) is 17.7 Å². The molecule has 1 aromatic rings. The molecule has 4 aliphatic rings. The van der Waals surface area contributed by atoms with E-state index >= 15 is 0 Å². The summed E-state index contributed by atoms with van der Waals surface area (Å²) >= 11 is 0. The minimum atomic E-state index is -0.606. The summed E-state index contributed by atoms with van der Waals surface area (Å²) in [4.78, 5) is 25.6. The monoisotopic (exact) mass is 565 g/mol. The van der Waals surface area contributed by atoms with Crippen molar-refractivity contribution in [1.29, 1.82) is 0 Å². The number of ether oxygens (including phenoxy) is 2. The Hall–Kier alpha value is -1.88. The molecule has 5 unspecified atom stereocenters. The van der Waals surface area contributed by atoms with E-state index in [2.05, 4.69) is 20.8 Å². The van der Waals surface area contributed by atoms with E-state index in [9.17, 15) is 9.59 Å². The van der Waals surface area contributed by atoms with E-state index in [1.54, 1.807) is 0 Å². The van der Waals surface area contributed by atoms with Crippen LogP contribution in [0, 0.1) is 46.3 Å². The van der Waals surface area contributed by atoms with E-state index in [4.69, 9.17) is 15.2 Å². The number of nitrogens with two attached hydrogens (primary N) is 1. The van der Waals surface area contributed by atoms with Crippen molar-refractivity contribution >= 4 is 11.9 Å². The second-order valence-electron chi connectivity index (χ2n) is 15.8. The summed E-state index contributed by atoms with van der Waals surface area (Å²) in [6.45, 7) is 13.3. The average molecular weight is 566 g/mol. The third-order valence-electron chi connectivity index (χ3n) is 12.2. The van der Waals surface area contributed by atoms with E-state index < -0.39 is 11.6 Å². The quantitative estimate of drug-likeness (QED) is 0.347. The fourth-order valence-electron chi connectivity index (χ4n) is 10.3. The molecule has 228 valence electrons. The molecule has 0 amide bonds. The topological polar surface area (TPSA) is 78.6 Å². The molecule has 0 saturated heterocycles.